The lowest BCUT2D eigenvalue weighted by atomic mass is 9.82. The Hall–Kier alpha value is -5.67. The lowest BCUT2D eigenvalue weighted by Crippen LogP contribution is -2.19. The van der Waals surface area contributed by atoms with E-state index in [1.54, 1.807) is 0 Å². The molecule has 8 aromatic rings. The first kappa shape index (κ1) is 24.7. The highest BCUT2D eigenvalue weighted by Gasteiger charge is 2.37. The first-order chi connectivity index (χ1) is 22.1. The van der Waals surface area contributed by atoms with Crippen LogP contribution in [0.3, 0.4) is 0 Å². The minimum atomic E-state index is -0.0833. The summed E-state index contributed by atoms with van der Waals surface area (Å²) in [5.41, 5.74) is 13.6. The van der Waals surface area contributed by atoms with Crippen LogP contribution in [-0.4, -0.2) is 9.55 Å². The number of pyridine rings is 1. The van der Waals surface area contributed by atoms with Gasteiger partial charge >= 0.3 is 0 Å². The summed E-state index contributed by atoms with van der Waals surface area (Å²) in [6.45, 7) is 4.69. The Morgan fingerprint density at radius 1 is 0.511 bits per heavy atom. The average Bonchev–Trinajstić information content (AvgIpc) is 3.54. The fourth-order valence-electron chi connectivity index (χ4n) is 8.15. The second kappa shape index (κ2) is 8.71. The lowest BCUT2D eigenvalue weighted by Gasteiger charge is -2.33. The number of fused-ring (bicyclic) bond motifs is 9. The quantitative estimate of drug-likeness (QED) is 0.204. The van der Waals surface area contributed by atoms with Crippen LogP contribution in [0.5, 0.6) is 0 Å². The van der Waals surface area contributed by atoms with Crippen molar-refractivity contribution < 1.29 is 0 Å². The minimum absolute atomic E-state index is 0.0833. The summed E-state index contributed by atoms with van der Waals surface area (Å²) in [6.07, 6.45) is 1.99. The van der Waals surface area contributed by atoms with Gasteiger partial charge in [-0.25, -0.2) is 4.98 Å². The summed E-state index contributed by atoms with van der Waals surface area (Å²) >= 11 is 0. The highest BCUT2D eigenvalue weighted by molar-refractivity contribution is 6.28. The van der Waals surface area contributed by atoms with Crippen molar-refractivity contribution in [1.29, 1.82) is 0 Å². The molecule has 1 aliphatic heterocycles. The van der Waals surface area contributed by atoms with E-state index < -0.39 is 0 Å². The Bertz CT molecular complexity index is 2520. The van der Waals surface area contributed by atoms with Crippen molar-refractivity contribution in [3.05, 3.63) is 151 Å². The number of nitrogens with zero attached hydrogens (tertiary/aromatic N) is 3. The van der Waals surface area contributed by atoms with Crippen molar-refractivity contribution in [3.8, 4) is 27.9 Å². The molecule has 212 valence electrons. The van der Waals surface area contributed by atoms with Crippen LogP contribution in [-0.2, 0) is 5.41 Å². The lowest BCUT2D eigenvalue weighted by molar-refractivity contribution is 0.660. The molecule has 0 spiro atoms. The summed E-state index contributed by atoms with van der Waals surface area (Å²) in [4.78, 5) is 7.52. The zero-order valence-corrected chi connectivity index (χ0v) is 25.1. The third kappa shape index (κ3) is 3.17. The van der Waals surface area contributed by atoms with Crippen LogP contribution in [0.1, 0.15) is 25.0 Å². The van der Waals surface area contributed by atoms with Gasteiger partial charge in [-0.1, -0.05) is 98.8 Å². The molecule has 0 unspecified atom stereocenters. The largest absolute Gasteiger partial charge is 0.309 e. The maximum absolute atomic E-state index is 5.13. The van der Waals surface area contributed by atoms with Gasteiger partial charge in [0.15, 0.2) is 0 Å². The Balaban J connectivity index is 1.30. The predicted molar refractivity (Wildman–Crippen MR) is 187 cm³/mol. The number of benzene rings is 6. The Morgan fingerprint density at radius 3 is 2.13 bits per heavy atom. The molecule has 3 nitrogen and oxygen atoms in total. The van der Waals surface area contributed by atoms with E-state index in [1.165, 1.54) is 66.0 Å². The molecule has 0 radical (unpaired) electrons. The van der Waals surface area contributed by atoms with Crippen LogP contribution in [0.25, 0.3) is 60.5 Å². The number of aromatic nitrogens is 2. The van der Waals surface area contributed by atoms with Crippen LogP contribution in [0.4, 0.5) is 17.2 Å². The molecule has 0 N–H and O–H groups in total. The molecule has 6 aromatic carbocycles. The van der Waals surface area contributed by atoms with Crippen LogP contribution in [0, 0.1) is 0 Å². The summed E-state index contributed by atoms with van der Waals surface area (Å²) in [6, 6.07) is 48.7. The molecule has 3 heterocycles. The monoisotopic (exact) mass is 575 g/mol. The normalized spacial score (nSPS) is 14.1. The van der Waals surface area contributed by atoms with Crippen LogP contribution in [0.15, 0.2) is 140 Å². The van der Waals surface area contributed by atoms with Crippen LogP contribution < -0.4 is 4.90 Å². The number of para-hydroxylation sites is 3. The molecule has 10 rings (SSSR count). The van der Waals surface area contributed by atoms with E-state index in [4.69, 9.17) is 4.98 Å². The Labute approximate surface area is 261 Å². The average molecular weight is 576 g/mol. The molecule has 1 aliphatic carbocycles. The number of hydrogen-bond donors (Lipinski definition) is 0. The third-order valence-electron chi connectivity index (χ3n) is 10.1. The van der Waals surface area contributed by atoms with Gasteiger partial charge in [0.05, 0.1) is 16.7 Å². The molecule has 0 atom stereocenters. The zero-order valence-electron chi connectivity index (χ0n) is 25.1. The maximum Gasteiger partial charge on any atom is 0.146 e. The van der Waals surface area contributed by atoms with Gasteiger partial charge in [0.2, 0.25) is 0 Å². The van der Waals surface area contributed by atoms with Crippen molar-refractivity contribution in [2.24, 2.45) is 0 Å². The third-order valence-corrected chi connectivity index (χ3v) is 10.1. The number of anilines is 3. The van der Waals surface area contributed by atoms with E-state index >= 15 is 0 Å². The Morgan fingerprint density at radius 2 is 1.24 bits per heavy atom. The van der Waals surface area contributed by atoms with Crippen molar-refractivity contribution in [3.63, 3.8) is 0 Å². The van der Waals surface area contributed by atoms with Gasteiger partial charge < -0.3 is 4.57 Å². The smallest absolute Gasteiger partial charge is 0.146 e. The molecule has 45 heavy (non-hydrogen) atoms. The fraction of sp³-hybridized carbons (Fsp3) is 0.0714. The summed E-state index contributed by atoms with van der Waals surface area (Å²) < 4.78 is 2.41. The minimum Gasteiger partial charge on any atom is -0.309 e. The number of rotatable bonds is 2. The maximum atomic E-state index is 5.13. The van der Waals surface area contributed by atoms with Gasteiger partial charge in [-0.05, 0) is 81.7 Å². The topological polar surface area (TPSA) is 21.1 Å². The van der Waals surface area contributed by atoms with E-state index in [2.05, 4.69) is 157 Å². The van der Waals surface area contributed by atoms with Crippen molar-refractivity contribution in [2.45, 2.75) is 19.3 Å². The molecule has 0 amide bonds. The SMILES string of the molecule is CC1(C)c2ccccc2-c2ccc(N3c4ccccc4-c4cc5c(c6ccnc3c46)c3ccccc3n5-c3ccccc3)cc21. The van der Waals surface area contributed by atoms with Crippen molar-refractivity contribution in [1.82, 2.24) is 9.55 Å². The van der Waals surface area contributed by atoms with Crippen LogP contribution in [0.2, 0.25) is 0 Å². The highest BCUT2D eigenvalue weighted by atomic mass is 15.2. The van der Waals surface area contributed by atoms with E-state index in [9.17, 15) is 0 Å². The Kier molecular flexibility index (Phi) is 4.79. The van der Waals surface area contributed by atoms with Gasteiger partial charge in [-0.2, -0.15) is 0 Å². The highest BCUT2D eigenvalue weighted by Crippen LogP contribution is 2.55. The van der Waals surface area contributed by atoms with Gasteiger partial charge in [-0.3, -0.25) is 4.90 Å². The molecule has 0 bridgehead atoms. The predicted octanol–water partition coefficient (Wildman–Crippen LogP) is 11.1. The van der Waals surface area contributed by atoms with E-state index in [0.717, 1.165) is 22.9 Å². The second-order valence-corrected chi connectivity index (χ2v) is 12.8. The molecule has 0 fully saturated rings. The molecule has 2 aromatic heterocycles. The van der Waals surface area contributed by atoms with E-state index in [0.29, 0.717) is 0 Å². The van der Waals surface area contributed by atoms with Crippen molar-refractivity contribution >= 4 is 49.8 Å². The molecular formula is C42H29N3. The first-order valence-corrected chi connectivity index (χ1v) is 15.7. The molecule has 2 aliphatic rings. The van der Waals surface area contributed by atoms with Crippen LogP contribution >= 0.6 is 0 Å². The zero-order chi connectivity index (χ0) is 29.9. The first-order valence-electron chi connectivity index (χ1n) is 15.7. The van der Waals surface area contributed by atoms with Crippen molar-refractivity contribution in [2.75, 3.05) is 4.90 Å². The van der Waals surface area contributed by atoms with Gasteiger partial charge in [0.25, 0.3) is 0 Å². The van der Waals surface area contributed by atoms with Gasteiger partial charge in [-0.15, -0.1) is 0 Å². The fourth-order valence-corrected chi connectivity index (χ4v) is 8.15. The molecular weight excluding hydrogens is 546 g/mol. The second-order valence-electron chi connectivity index (χ2n) is 12.8. The summed E-state index contributed by atoms with van der Waals surface area (Å²) in [5.74, 6) is 0.980. The summed E-state index contributed by atoms with van der Waals surface area (Å²) in [7, 11) is 0. The van der Waals surface area contributed by atoms with E-state index in [1.807, 2.05) is 6.20 Å². The molecule has 0 saturated carbocycles. The van der Waals surface area contributed by atoms with E-state index in [-0.39, 0.29) is 5.41 Å². The van der Waals surface area contributed by atoms with Gasteiger partial charge in [0.1, 0.15) is 5.82 Å². The molecule has 0 saturated heterocycles. The number of hydrogen-bond acceptors (Lipinski definition) is 2. The summed E-state index contributed by atoms with van der Waals surface area (Å²) in [5, 5.41) is 4.94. The standard InChI is InChI=1S/C42H29N3/c1-42(2)34-17-9-6-14-28(34)29-21-20-27(24-35(29)42)45-36-18-10-7-15-30(36)33-25-38-39(32-22-23-43-41(45)40(32)33)31-16-8-11-19-37(31)44(38)26-12-4-3-5-13-26/h3-25H,1-2H3. The molecule has 3 heteroatoms. The van der Waals surface area contributed by atoms with Gasteiger partial charge in [0, 0.05) is 44.7 Å².